The van der Waals surface area contributed by atoms with Crippen LogP contribution >= 0.6 is 0 Å². The van der Waals surface area contributed by atoms with Crippen LogP contribution in [0.2, 0.25) is 0 Å². The molecule has 2 N–H and O–H groups in total. The number of fused-ring (bicyclic) bond motifs is 1. The van der Waals surface area contributed by atoms with Gasteiger partial charge in [0, 0.05) is 11.6 Å². The van der Waals surface area contributed by atoms with Gasteiger partial charge in [0.05, 0.1) is 7.11 Å². The van der Waals surface area contributed by atoms with E-state index in [1.807, 2.05) is 38.1 Å². The molecule has 0 unspecified atom stereocenters. The van der Waals surface area contributed by atoms with E-state index in [4.69, 9.17) is 9.47 Å². The molecule has 0 spiro atoms. The quantitative estimate of drug-likeness (QED) is 0.821. The van der Waals surface area contributed by atoms with Gasteiger partial charge in [-0.05, 0) is 25.8 Å². The van der Waals surface area contributed by atoms with Crippen molar-refractivity contribution in [2.24, 2.45) is 0 Å². The van der Waals surface area contributed by atoms with Gasteiger partial charge in [0.2, 0.25) is 5.78 Å². The predicted molar refractivity (Wildman–Crippen MR) is 97.9 cm³/mol. The number of benzene rings is 2. The summed E-state index contributed by atoms with van der Waals surface area (Å²) in [5.41, 5.74) is 2.47. The zero-order chi connectivity index (χ0) is 18.8. The monoisotopic (exact) mass is 354 g/mol. The second-order valence-corrected chi connectivity index (χ2v) is 6.52. The first-order valence-corrected chi connectivity index (χ1v) is 8.44. The smallest absolute Gasteiger partial charge is 0.202 e. The Morgan fingerprint density at radius 1 is 1.27 bits per heavy atom. The van der Waals surface area contributed by atoms with Gasteiger partial charge in [0.25, 0.3) is 0 Å². The van der Waals surface area contributed by atoms with Crippen molar-refractivity contribution in [2.75, 3.05) is 7.11 Å². The Kier molecular flexibility index (Phi) is 5.00. The Morgan fingerprint density at radius 3 is 2.58 bits per heavy atom. The van der Waals surface area contributed by atoms with Crippen LogP contribution in [-0.4, -0.2) is 29.2 Å². The average Bonchev–Trinajstić information content (AvgIpc) is 2.63. The Bertz CT molecular complexity index is 850. The van der Waals surface area contributed by atoms with Crippen LogP contribution in [0.5, 0.6) is 17.2 Å². The number of aliphatic hydroxyl groups excluding tert-OH is 1. The summed E-state index contributed by atoms with van der Waals surface area (Å²) in [5, 5.41) is 20.8. The topological polar surface area (TPSA) is 76.0 Å². The number of aromatic hydroxyl groups is 1. The van der Waals surface area contributed by atoms with Crippen molar-refractivity contribution in [1.29, 1.82) is 0 Å². The van der Waals surface area contributed by atoms with Crippen molar-refractivity contribution < 1.29 is 24.5 Å². The fourth-order valence-corrected chi connectivity index (χ4v) is 3.08. The summed E-state index contributed by atoms with van der Waals surface area (Å²) in [5.74, 6) is -0.106. The average molecular weight is 354 g/mol. The number of hydrogen-bond donors (Lipinski definition) is 2. The standard InChI is InChI=1S/C21H22O5/c1-12(2)9-10-14-16(25-3)11-15(22)17-18(23)19(24)20(26-21(14)17)13-7-5-4-6-8-13/h4-9,11,19-20,22,24H,10H2,1-3H3/t19-,20+/m1/s1. The molecule has 0 bridgehead atoms. The molecule has 136 valence electrons. The van der Waals surface area contributed by atoms with Gasteiger partial charge in [0.15, 0.2) is 12.2 Å². The highest BCUT2D eigenvalue weighted by Crippen LogP contribution is 2.45. The van der Waals surface area contributed by atoms with Gasteiger partial charge in [-0.25, -0.2) is 0 Å². The van der Waals surface area contributed by atoms with E-state index >= 15 is 0 Å². The van der Waals surface area contributed by atoms with E-state index in [0.29, 0.717) is 23.3 Å². The highest BCUT2D eigenvalue weighted by atomic mass is 16.5. The molecule has 0 fully saturated rings. The fraction of sp³-hybridized carbons (Fsp3) is 0.286. The van der Waals surface area contributed by atoms with E-state index in [2.05, 4.69) is 0 Å². The number of hydrogen-bond acceptors (Lipinski definition) is 5. The Hall–Kier alpha value is -2.79. The van der Waals surface area contributed by atoms with E-state index in [-0.39, 0.29) is 17.1 Å². The maximum Gasteiger partial charge on any atom is 0.202 e. The molecule has 0 saturated carbocycles. The van der Waals surface area contributed by atoms with Gasteiger partial charge >= 0.3 is 0 Å². The lowest BCUT2D eigenvalue weighted by atomic mass is 9.90. The largest absolute Gasteiger partial charge is 0.507 e. The summed E-state index contributed by atoms with van der Waals surface area (Å²) < 4.78 is 11.4. The predicted octanol–water partition coefficient (Wildman–Crippen LogP) is 3.59. The molecule has 0 amide bonds. The Morgan fingerprint density at radius 2 is 1.96 bits per heavy atom. The molecule has 1 aliphatic rings. The first-order valence-electron chi connectivity index (χ1n) is 8.44. The van der Waals surface area contributed by atoms with Crippen molar-refractivity contribution in [3.63, 3.8) is 0 Å². The molecule has 5 heteroatoms. The normalized spacial score (nSPS) is 18.7. The summed E-state index contributed by atoms with van der Waals surface area (Å²) in [6.07, 6.45) is 0.249. The lowest BCUT2D eigenvalue weighted by Gasteiger charge is -2.32. The second-order valence-electron chi connectivity index (χ2n) is 6.52. The van der Waals surface area contributed by atoms with Crippen LogP contribution in [0, 0.1) is 0 Å². The van der Waals surface area contributed by atoms with Crippen LogP contribution in [0.25, 0.3) is 0 Å². The minimum absolute atomic E-state index is 0.00244. The minimum atomic E-state index is -1.39. The van der Waals surface area contributed by atoms with Crippen molar-refractivity contribution in [2.45, 2.75) is 32.5 Å². The second kappa shape index (κ2) is 7.22. The van der Waals surface area contributed by atoms with E-state index in [1.54, 1.807) is 12.1 Å². The third-order valence-corrected chi connectivity index (χ3v) is 4.43. The van der Waals surface area contributed by atoms with Crippen LogP contribution in [-0.2, 0) is 6.42 Å². The van der Waals surface area contributed by atoms with Gasteiger partial charge in [0.1, 0.15) is 22.8 Å². The van der Waals surface area contributed by atoms with Crippen LogP contribution in [0.3, 0.4) is 0 Å². The van der Waals surface area contributed by atoms with Crippen LogP contribution in [0.4, 0.5) is 0 Å². The van der Waals surface area contributed by atoms with Gasteiger partial charge in [-0.2, -0.15) is 0 Å². The number of methoxy groups -OCH3 is 1. The number of carbonyl (C=O) groups is 1. The van der Waals surface area contributed by atoms with E-state index in [0.717, 1.165) is 5.57 Å². The van der Waals surface area contributed by atoms with E-state index in [9.17, 15) is 15.0 Å². The Labute approximate surface area is 152 Å². The number of carbonyl (C=O) groups excluding carboxylic acids is 1. The van der Waals surface area contributed by atoms with Crippen LogP contribution < -0.4 is 9.47 Å². The van der Waals surface area contributed by atoms with Gasteiger partial charge < -0.3 is 19.7 Å². The first-order chi connectivity index (χ1) is 12.4. The third kappa shape index (κ3) is 3.18. The molecular formula is C21H22O5. The van der Waals surface area contributed by atoms with Gasteiger partial charge in [-0.3, -0.25) is 4.79 Å². The summed E-state index contributed by atoms with van der Waals surface area (Å²) in [7, 11) is 1.50. The maximum atomic E-state index is 12.8. The first kappa shape index (κ1) is 18.0. The third-order valence-electron chi connectivity index (χ3n) is 4.43. The summed E-state index contributed by atoms with van der Waals surface area (Å²) in [6.45, 7) is 3.95. The number of allylic oxidation sites excluding steroid dienone is 2. The molecule has 3 rings (SSSR count). The Balaban J connectivity index is 2.17. The molecule has 0 aromatic heterocycles. The number of ether oxygens (including phenoxy) is 2. The van der Waals surface area contributed by atoms with E-state index < -0.39 is 18.0 Å². The van der Waals surface area contributed by atoms with Crippen molar-refractivity contribution >= 4 is 5.78 Å². The highest BCUT2D eigenvalue weighted by molar-refractivity contribution is 6.06. The number of aliphatic hydroxyl groups is 1. The van der Waals surface area contributed by atoms with Crippen molar-refractivity contribution in [1.82, 2.24) is 0 Å². The lowest BCUT2D eigenvalue weighted by Crippen LogP contribution is -2.36. The number of phenolic OH excluding ortho intramolecular Hbond substituents is 1. The minimum Gasteiger partial charge on any atom is -0.507 e. The molecule has 1 aliphatic heterocycles. The highest BCUT2D eigenvalue weighted by Gasteiger charge is 2.40. The number of ketones is 1. The molecule has 1 heterocycles. The van der Waals surface area contributed by atoms with Crippen LogP contribution in [0.15, 0.2) is 48.0 Å². The summed E-state index contributed by atoms with van der Waals surface area (Å²) in [6, 6.07) is 10.5. The van der Waals surface area contributed by atoms with Gasteiger partial charge in [-0.15, -0.1) is 0 Å². The van der Waals surface area contributed by atoms with Crippen molar-refractivity contribution in [3.05, 3.63) is 64.7 Å². The maximum absolute atomic E-state index is 12.8. The molecule has 2 aromatic rings. The molecule has 2 aromatic carbocycles. The SMILES string of the molecule is COc1cc(O)c2c(c1CC=C(C)C)O[C@@H](c1ccccc1)[C@H](O)C2=O. The van der Waals surface area contributed by atoms with Crippen LogP contribution in [0.1, 0.15) is 41.4 Å². The van der Waals surface area contributed by atoms with E-state index in [1.165, 1.54) is 13.2 Å². The summed E-state index contributed by atoms with van der Waals surface area (Å²) in [4.78, 5) is 12.8. The number of phenols is 1. The lowest BCUT2D eigenvalue weighted by molar-refractivity contribution is 0.0206. The molecule has 0 radical (unpaired) electrons. The molecule has 2 atom stereocenters. The number of rotatable bonds is 4. The molecule has 26 heavy (non-hydrogen) atoms. The number of Topliss-reactive ketones (excluding diaryl/α,β-unsaturated/α-hetero) is 1. The molecule has 0 saturated heterocycles. The molecule has 0 aliphatic carbocycles. The fourth-order valence-electron chi connectivity index (χ4n) is 3.08. The molecule has 5 nitrogen and oxygen atoms in total. The molecular weight excluding hydrogens is 332 g/mol. The zero-order valence-electron chi connectivity index (χ0n) is 15.0. The summed E-state index contributed by atoms with van der Waals surface area (Å²) >= 11 is 0. The van der Waals surface area contributed by atoms with Crippen molar-refractivity contribution in [3.8, 4) is 17.2 Å². The zero-order valence-corrected chi connectivity index (χ0v) is 15.0. The van der Waals surface area contributed by atoms with Gasteiger partial charge in [-0.1, -0.05) is 42.0 Å².